The standard InChI is InChI=1S/C14H22N4O2S/c1-11-9-17-8-4-5-12(17)10-18(11)21(19,20)14-13(15-2)6-3-7-16-14/h3,6-7,11-12,15H,4-5,8-10H2,1-2H3. The van der Waals surface area contributed by atoms with Crippen LogP contribution in [0.2, 0.25) is 0 Å². The largest absolute Gasteiger partial charge is 0.386 e. The van der Waals surface area contributed by atoms with Crippen LogP contribution in [0, 0.1) is 0 Å². The fourth-order valence-corrected chi connectivity index (χ4v) is 5.17. The number of anilines is 1. The first-order valence-corrected chi connectivity index (χ1v) is 8.86. The number of nitrogens with one attached hydrogen (secondary N) is 1. The summed E-state index contributed by atoms with van der Waals surface area (Å²) >= 11 is 0. The van der Waals surface area contributed by atoms with Crippen molar-refractivity contribution in [2.45, 2.75) is 36.9 Å². The highest BCUT2D eigenvalue weighted by Gasteiger charge is 2.41. The van der Waals surface area contributed by atoms with E-state index in [1.54, 1.807) is 23.5 Å². The second-order valence-electron chi connectivity index (χ2n) is 5.82. The van der Waals surface area contributed by atoms with E-state index in [4.69, 9.17) is 0 Å². The third kappa shape index (κ3) is 2.54. The van der Waals surface area contributed by atoms with Crippen LogP contribution in [-0.2, 0) is 10.0 Å². The lowest BCUT2D eigenvalue weighted by atomic mass is 10.1. The van der Waals surface area contributed by atoms with Crippen molar-refractivity contribution in [1.29, 1.82) is 0 Å². The van der Waals surface area contributed by atoms with Crippen LogP contribution in [-0.4, -0.2) is 61.4 Å². The van der Waals surface area contributed by atoms with Crippen LogP contribution in [0.15, 0.2) is 23.4 Å². The Labute approximate surface area is 126 Å². The first-order valence-electron chi connectivity index (χ1n) is 7.42. The van der Waals surface area contributed by atoms with Crippen LogP contribution in [0.3, 0.4) is 0 Å². The molecule has 3 heterocycles. The van der Waals surface area contributed by atoms with E-state index in [0.717, 1.165) is 25.9 Å². The Morgan fingerprint density at radius 2 is 2.19 bits per heavy atom. The van der Waals surface area contributed by atoms with Crippen LogP contribution < -0.4 is 5.32 Å². The zero-order valence-electron chi connectivity index (χ0n) is 12.5. The van der Waals surface area contributed by atoms with Gasteiger partial charge in [-0.3, -0.25) is 4.90 Å². The van der Waals surface area contributed by atoms with Crippen molar-refractivity contribution in [1.82, 2.24) is 14.2 Å². The van der Waals surface area contributed by atoms with E-state index in [1.807, 2.05) is 6.92 Å². The summed E-state index contributed by atoms with van der Waals surface area (Å²) in [7, 11) is -1.84. The zero-order valence-corrected chi connectivity index (χ0v) is 13.3. The van der Waals surface area contributed by atoms with Gasteiger partial charge in [0.2, 0.25) is 0 Å². The molecule has 2 atom stereocenters. The van der Waals surface area contributed by atoms with Crippen molar-refractivity contribution >= 4 is 15.7 Å². The summed E-state index contributed by atoms with van der Waals surface area (Å²) in [5.74, 6) is 0. The van der Waals surface area contributed by atoms with Gasteiger partial charge in [0.05, 0.1) is 5.69 Å². The third-order valence-electron chi connectivity index (χ3n) is 4.47. The van der Waals surface area contributed by atoms with Gasteiger partial charge >= 0.3 is 0 Å². The molecule has 0 radical (unpaired) electrons. The predicted octanol–water partition coefficient (Wildman–Crippen LogP) is 0.980. The Bertz CT molecular complexity index is 619. The molecule has 3 rings (SSSR count). The fourth-order valence-electron chi connectivity index (χ4n) is 3.39. The van der Waals surface area contributed by atoms with Crippen molar-refractivity contribution in [3.05, 3.63) is 18.3 Å². The molecule has 2 fully saturated rings. The molecule has 0 aliphatic carbocycles. The lowest BCUT2D eigenvalue weighted by molar-refractivity contribution is 0.117. The van der Waals surface area contributed by atoms with Crippen molar-refractivity contribution in [2.75, 3.05) is 32.0 Å². The molecular weight excluding hydrogens is 288 g/mol. The molecule has 2 saturated heterocycles. The summed E-state index contributed by atoms with van der Waals surface area (Å²) < 4.78 is 27.6. The Balaban J connectivity index is 1.94. The minimum Gasteiger partial charge on any atom is -0.386 e. The lowest BCUT2D eigenvalue weighted by Gasteiger charge is -2.41. The van der Waals surface area contributed by atoms with Crippen molar-refractivity contribution in [3.63, 3.8) is 0 Å². The monoisotopic (exact) mass is 310 g/mol. The highest BCUT2D eigenvalue weighted by Crippen LogP contribution is 2.30. The van der Waals surface area contributed by atoms with E-state index in [9.17, 15) is 8.42 Å². The minimum absolute atomic E-state index is 0.0175. The average Bonchev–Trinajstić information content (AvgIpc) is 2.93. The SMILES string of the molecule is CNc1cccnc1S(=O)(=O)N1CC2CCCN2CC1C. The molecule has 0 bridgehead atoms. The summed E-state index contributed by atoms with van der Waals surface area (Å²) in [6, 6.07) is 3.83. The molecular formula is C14H22N4O2S. The molecule has 1 aromatic rings. The van der Waals surface area contributed by atoms with Gasteiger partial charge in [0.1, 0.15) is 0 Å². The van der Waals surface area contributed by atoms with E-state index in [0.29, 0.717) is 18.3 Å². The smallest absolute Gasteiger partial charge is 0.262 e. The molecule has 116 valence electrons. The van der Waals surface area contributed by atoms with Crippen LogP contribution in [0.5, 0.6) is 0 Å². The maximum absolute atomic E-state index is 13.0. The van der Waals surface area contributed by atoms with Gasteiger partial charge in [0.15, 0.2) is 5.03 Å². The predicted molar refractivity (Wildman–Crippen MR) is 81.7 cm³/mol. The number of rotatable bonds is 3. The molecule has 0 amide bonds. The number of hydrogen-bond donors (Lipinski definition) is 1. The van der Waals surface area contributed by atoms with Crippen molar-refractivity contribution < 1.29 is 8.42 Å². The second kappa shape index (κ2) is 5.55. The molecule has 7 heteroatoms. The van der Waals surface area contributed by atoms with Gasteiger partial charge in [-0.15, -0.1) is 0 Å². The Hall–Kier alpha value is -1.18. The number of aromatic nitrogens is 1. The molecule has 1 N–H and O–H groups in total. The number of pyridine rings is 1. The van der Waals surface area contributed by atoms with Gasteiger partial charge in [-0.1, -0.05) is 0 Å². The highest BCUT2D eigenvalue weighted by atomic mass is 32.2. The third-order valence-corrected chi connectivity index (χ3v) is 6.41. The van der Waals surface area contributed by atoms with Gasteiger partial charge < -0.3 is 5.32 Å². The number of piperazine rings is 1. The van der Waals surface area contributed by atoms with E-state index in [2.05, 4.69) is 15.2 Å². The Morgan fingerprint density at radius 1 is 1.38 bits per heavy atom. The number of fused-ring (bicyclic) bond motifs is 1. The van der Waals surface area contributed by atoms with Crippen molar-refractivity contribution in [3.8, 4) is 0 Å². The van der Waals surface area contributed by atoms with Gasteiger partial charge in [-0.2, -0.15) is 4.31 Å². The van der Waals surface area contributed by atoms with Gasteiger partial charge in [0, 0.05) is 38.4 Å². The molecule has 1 aromatic heterocycles. The number of sulfonamides is 1. The van der Waals surface area contributed by atoms with Crippen molar-refractivity contribution in [2.24, 2.45) is 0 Å². The molecule has 2 aliphatic rings. The maximum atomic E-state index is 13.0. The summed E-state index contributed by atoms with van der Waals surface area (Å²) in [6.07, 6.45) is 3.78. The summed E-state index contributed by atoms with van der Waals surface area (Å²) in [5.41, 5.74) is 0.554. The first-order chi connectivity index (χ1) is 10.0. The van der Waals surface area contributed by atoms with Crippen LogP contribution in [0.25, 0.3) is 0 Å². The minimum atomic E-state index is -3.56. The van der Waals surface area contributed by atoms with E-state index >= 15 is 0 Å². The second-order valence-corrected chi connectivity index (χ2v) is 7.63. The topological polar surface area (TPSA) is 65.5 Å². The van der Waals surface area contributed by atoms with Gasteiger partial charge in [-0.25, -0.2) is 13.4 Å². The van der Waals surface area contributed by atoms with Crippen LogP contribution in [0.4, 0.5) is 5.69 Å². The van der Waals surface area contributed by atoms with E-state index in [-0.39, 0.29) is 11.1 Å². The number of nitrogens with zero attached hydrogens (tertiary/aromatic N) is 3. The molecule has 6 nitrogen and oxygen atoms in total. The molecule has 21 heavy (non-hydrogen) atoms. The van der Waals surface area contributed by atoms with E-state index in [1.165, 1.54) is 6.20 Å². The molecule has 0 aromatic carbocycles. The number of hydrogen-bond acceptors (Lipinski definition) is 5. The molecule has 2 aliphatic heterocycles. The maximum Gasteiger partial charge on any atom is 0.262 e. The molecule has 2 unspecified atom stereocenters. The lowest BCUT2D eigenvalue weighted by Crippen LogP contribution is -2.56. The van der Waals surface area contributed by atoms with Gasteiger partial charge in [-0.05, 0) is 38.4 Å². The zero-order chi connectivity index (χ0) is 15.0. The fraction of sp³-hybridized carbons (Fsp3) is 0.643. The Kier molecular flexibility index (Phi) is 3.90. The quantitative estimate of drug-likeness (QED) is 0.901. The average molecular weight is 310 g/mol. The van der Waals surface area contributed by atoms with Crippen LogP contribution >= 0.6 is 0 Å². The highest BCUT2D eigenvalue weighted by molar-refractivity contribution is 7.89. The summed E-state index contributed by atoms with van der Waals surface area (Å²) in [4.78, 5) is 6.52. The Morgan fingerprint density at radius 3 is 2.95 bits per heavy atom. The first kappa shape index (κ1) is 14.7. The van der Waals surface area contributed by atoms with E-state index < -0.39 is 10.0 Å². The summed E-state index contributed by atoms with van der Waals surface area (Å²) in [6.45, 7) is 4.46. The van der Waals surface area contributed by atoms with Gasteiger partial charge in [0.25, 0.3) is 10.0 Å². The molecule has 0 saturated carbocycles. The summed E-state index contributed by atoms with van der Waals surface area (Å²) in [5, 5.41) is 3.05. The normalized spacial score (nSPS) is 27.5. The van der Waals surface area contributed by atoms with Crippen LogP contribution in [0.1, 0.15) is 19.8 Å². The molecule has 0 spiro atoms.